The van der Waals surface area contributed by atoms with Crippen LogP contribution in [-0.4, -0.2) is 38.6 Å². The number of ether oxygens (including phenoxy) is 1. The molecule has 28 heavy (non-hydrogen) atoms. The van der Waals surface area contributed by atoms with E-state index in [0.29, 0.717) is 23.8 Å². The van der Waals surface area contributed by atoms with Crippen molar-refractivity contribution in [2.24, 2.45) is 5.73 Å². The minimum Gasteiger partial charge on any atom is -0.497 e. The predicted molar refractivity (Wildman–Crippen MR) is 107 cm³/mol. The first kappa shape index (κ1) is 17.7. The van der Waals surface area contributed by atoms with Crippen LogP contribution < -0.4 is 15.8 Å². The van der Waals surface area contributed by atoms with Crippen molar-refractivity contribution in [2.45, 2.75) is 19.4 Å². The van der Waals surface area contributed by atoms with Crippen molar-refractivity contribution in [3.63, 3.8) is 0 Å². The van der Waals surface area contributed by atoms with Gasteiger partial charge in [0.1, 0.15) is 11.8 Å². The number of hydrogen-bond donors (Lipinski definition) is 2. The minimum atomic E-state index is -0.550. The number of amides is 1. The molecular weight excluding hydrogens is 356 g/mol. The first-order valence-electron chi connectivity index (χ1n) is 8.96. The number of nitrogens with one attached hydrogen (secondary N) is 1. The van der Waals surface area contributed by atoms with Crippen LogP contribution in [0.3, 0.4) is 0 Å². The Labute approximate surface area is 161 Å². The van der Waals surface area contributed by atoms with Crippen LogP contribution in [0, 0.1) is 0 Å². The van der Waals surface area contributed by atoms with E-state index in [1.165, 1.54) is 0 Å². The molecule has 0 spiro atoms. The molecule has 0 aliphatic rings. The van der Waals surface area contributed by atoms with E-state index in [4.69, 9.17) is 15.5 Å². The van der Waals surface area contributed by atoms with E-state index >= 15 is 0 Å². The molecule has 2 heterocycles. The largest absolute Gasteiger partial charge is 0.497 e. The molecule has 3 N–H and O–H groups in total. The highest BCUT2D eigenvalue weighted by atomic mass is 16.5. The molecule has 1 amide bonds. The lowest BCUT2D eigenvalue weighted by Crippen LogP contribution is -2.35. The predicted octanol–water partition coefficient (Wildman–Crippen LogP) is 2.63. The standard InChI is InChI=1S/C20H20N6O2/c1-3-15(17(21)27)22-20-23-16-7-5-4-6-14(16)19-24-18(25-26(19)20)12-8-10-13(28-2)11-9-12/h4-11,15H,3H2,1-2H3,(H2,21,27)(H,22,23)/t15-/m0/s1. The Morgan fingerprint density at radius 3 is 2.61 bits per heavy atom. The fourth-order valence-electron chi connectivity index (χ4n) is 3.04. The van der Waals surface area contributed by atoms with Crippen LogP contribution in [0.4, 0.5) is 5.95 Å². The number of carbonyl (C=O) groups is 1. The zero-order chi connectivity index (χ0) is 19.7. The normalized spacial score (nSPS) is 12.2. The van der Waals surface area contributed by atoms with Crippen molar-refractivity contribution in [3.8, 4) is 17.1 Å². The molecule has 0 bridgehead atoms. The maximum Gasteiger partial charge on any atom is 0.239 e. The average Bonchev–Trinajstić information content (AvgIpc) is 3.17. The summed E-state index contributed by atoms with van der Waals surface area (Å²) >= 11 is 0. The number of methoxy groups -OCH3 is 1. The molecule has 4 rings (SSSR count). The zero-order valence-corrected chi connectivity index (χ0v) is 15.6. The summed E-state index contributed by atoms with van der Waals surface area (Å²) in [5, 5.41) is 8.59. The number of aromatic nitrogens is 4. The summed E-state index contributed by atoms with van der Waals surface area (Å²) in [5.74, 6) is 1.29. The summed E-state index contributed by atoms with van der Waals surface area (Å²) in [7, 11) is 1.62. The van der Waals surface area contributed by atoms with E-state index in [1.807, 2.05) is 55.5 Å². The molecule has 0 unspecified atom stereocenters. The van der Waals surface area contributed by atoms with Crippen LogP contribution in [0.15, 0.2) is 48.5 Å². The van der Waals surface area contributed by atoms with Gasteiger partial charge in [0.25, 0.3) is 0 Å². The summed E-state index contributed by atoms with van der Waals surface area (Å²) in [6.07, 6.45) is 0.533. The van der Waals surface area contributed by atoms with Gasteiger partial charge in [0.2, 0.25) is 11.9 Å². The maximum absolute atomic E-state index is 11.7. The Morgan fingerprint density at radius 1 is 1.18 bits per heavy atom. The van der Waals surface area contributed by atoms with Gasteiger partial charge < -0.3 is 15.8 Å². The molecule has 0 radical (unpaired) electrons. The number of para-hydroxylation sites is 1. The highest BCUT2D eigenvalue weighted by Gasteiger charge is 2.19. The summed E-state index contributed by atoms with van der Waals surface area (Å²) < 4.78 is 6.83. The number of benzene rings is 2. The van der Waals surface area contributed by atoms with Crippen LogP contribution in [0.25, 0.3) is 27.9 Å². The number of nitrogens with zero attached hydrogens (tertiary/aromatic N) is 4. The molecule has 0 saturated heterocycles. The fraction of sp³-hybridized carbons (Fsp3) is 0.200. The first-order chi connectivity index (χ1) is 13.6. The van der Waals surface area contributed by atoms with E-state index in [2.05, 4.69) is 15.4 Å². The third kappa shape index (κ3) is 3.09. The van der Waals surface area contributed by atoms with Gasteiger partial charge in [0.05, 0.1) is 12.6 Å². The third-order valence-electron chi connectivity index (χ3n) is 4.58. The smallest absolute Gasteiger partial charge is 0.239 e. The van der Waals surface area contributed by atoms with Crippen LogP contribution >= 0.6 is 0 Å². The number of carbonyl (C=O) groups excluding carboxylic acids is 1. The molecule has 2 aromatic heterocycles. The molecular formula is C20H20N6O2. The lowest BCUT2D eigenvalue weighted by Gasteiger charge is -2.15. The van der Waals surface area contributed by atoms with Gasteiger partial charge in [-0.15, -0.1) is 5.10 Å². The van der Waals surface area contributed by atoms with Crippen LogP contribution in [0.1, 0.15) is 13.3 Å². The summed E-state index contributed by atoms with van der Waals surface area (Å²) in [4.78, 5) is 21.0. The Hall–Kier alpha value is -3.68. The Morgan fingerprint density at radius 2 is 1.93 bits per heavy atom. The van der Waals surface area contributed by atoms with E-state index in [1.54, 1.807) is 11.6 Å². The van der Waals surface area contributed by atoms with Gasteiger partial charge in [-0.3, -0.25) is 4.79 Å². The summed E-state index contributed by atoms with van der Waals surface area (Å²) in [6, 6.07) is 14.6. The van der Waals surface area contributed by atoms with Crippen molar-refractivity contribution in [2.75, 3.05) is 12.4 Å². The Balaban J connectivity index is 1.90. The van der Waals surface area contributed by atoms with E-state index < -0.39 is 11.9 Å². The molecule has 142 valence electrons. The van der Waals surface area contributed by atoms with Gasteiger partial charge in [0, 0.05) is 10.9 Å². The lowest BCUT2D eigenvalue weighted by molar-refractivity contribution is -0.118. The maximum atomic E-state index is 11.7. The molecule has 8 heteroatoms. The van der Waals surface area contributed by atoms with Gasteiger partial charge in [0.15, 0.2) is 11.5 Å². The molecule has 0 fully saturated rings. The van der Waals surface area contributed by atoms with Gasteiger partial charge in [-0.25, -0.2) is 9.97 Å². The molecule has 8 nitrogen and oxygen atoms in total. The highest BCUT2D eigenvalue weighted by molar-refractivity contribution is 5.93. The second-order valence-corrected chi connectivity index (χ2v) is 6.36. The highest BCUT2D eigenvalue weighted by Crippen LogP contribution is 2.25. The minimum absolute atomic E-state index is 0.423. The van der Waals surface area contributed by atoms with Crippen LogP contribution in [0.5, 0.6) is 5.75 Å². The van der Waals surface area contributed by atoms with Crippen molar-refractivity contribution in [1.82, 2.24) is 19.6 Å². The van der Waals surface area contributed by atoms with E-state index in [-0.39, 0.29) is 0 Å². The van der Waals surface area contributed by atoms with E-state index in [0.717, 1.165) is 22.2 Å². The summed E-state index contributed by atoms with van der Waals surface area (Å²) in [6.45, 7) is 1.88. The number of primary amides is 1. The molecule has 0 aliphatic heterocycles. The van der Waals surface area contributed by atoms with Gasteiger partial charge >= 0.3 is 0 Å². The van der Waals surface area contributed by atoms with Crippen molar-refractivity contribution in [1.29, 1.82) is 0 Å². The van der Waals surface area contributed by atoms with Crippen LogP contribution in [0.2, 0.25) is 0 Å². The third-order valence-corrected chi connectivity index (χ3v) is 4.58. The Bertz CT molecular complexity index is 1150. The second-order valence-electron chi connectivity index (χ2n) is 6.36. The lowest BCUT2D eigenvalue weighted by atomic mass is 10.2. The number of hydrogen-bond acceptors (Lipinski definition) is 6. The van der Waals surface area contributed by atoms with Crippen molar-refractivity contribution in [3.05, 3.63) is 48.5 Å². The van der Waals surface area contributed by atoms with Crippen molar-refractivity contribution < 1.29 is 9.53 Å². The number of fused-ring (bicyclic) bond motifs is 3. The molecule has 1 atom stereocenters. The van der Waals surface area contributed by atoms with E-state index in [9.17, 15) is 4.79 Å². The number of rotatable bonds is 6. The summed E-state index contributed by atoms with van der Waals surface area (Å²) in [5.41, 5.74) is 7.74. The van der Waals surface area contributed by atoms with Crippen LogP contribution in [-0.2, 0) is 4.79 Å². The molecule has 0 aliphatic carbocycles. The SMILES string of the molecule is CC[C@H](Nc1nc2ccccc2c2nc(-c3ccc(OC)cc3)nn12)C(N)=O. The monoisotopic (exact) mass is 376 g/mol. The molecule has 0 saturated carbocycles. The average molecular weight is 376 g/mol. The Kier molecular flexibility index (Phi) is 4.52. The number of nitrogens with two attached hydrogens (primary N) is 1. The van der Waals surface area contributed by atoms with Gasteiger partial charge in [-0.05, 0) is 42.8 Å². The first-order valence-corrected chi connectivity index (χ1v) is 8.96. The van der Waals surface area contributed by atoms with Crippen molar-refractivity contribution >= 4 is 28.4 Å². The fourth-order valence-corrected chi connectivity index (χ4v) is 3.04. The second kappa shape index (κ2) is 7.15. The quantitative estimate of drug-likeness (QED) is 0.536. The van der Waals surface area contributed by atoms with Gasteiger partial charge in [-0.1, -0.05) is 19.1 Å². The number of anilines is 1. The molecule has 4 aromatic rings. The zero-order valence-electron chi connectivity index (χ0n) is 15.6. The molecule has 2 aromatic carbocycles. The topological polar surface area (TPSA) is 107 Å². The van der Waals surface area contributed by atoms with Gasteiger partial charge in [-0.2, -0.15) is 4.52 Å².